The summed E-state index contributed by atoms with van der Waals surface area (Å²) in [5.41, 5.74) is 6.27. The number of nitrogens with zero attached hydrogens (tertiary/aromatic N) is 1. The van der Waals surface area contributed by atoms with Gasteiger partial charge >= 0.3 is 0 Å². The number of rotatable bonds is 5. The molecule has 2 fully saturated rings. The summed E-state index contributed by atoms with van der Waals surface area (Å²) in [7, 11) is 0. The summed E-state index contributed by atoms with van der Waals surface area (Å²) in [6, 6.07) is 0. The lowest BCUT2D eigenvalue weighted by Crippen LogP contribution is -2.49. The highest BCUT2D eigenvalue weighted by molar-refractivity contribution is 5.03. The van der Waals surface area contributed by atoms with Crippen molar-refractivity contribution in [3.63, 3.8) is 0 Å². The molecular formula is C14H26N2O3. The predicted molar refractivity (Wildman–Crippen MR) is 73.0 cm³/mol. The van der Waals surface area contributed by atoms with Gasteiger partial charge in [-0.3, -0.25) is 0 Å². The van der Waals surface area contributed by atoms with Gasteiger partial charge in [0.25, 0.3) is 5.09 Å². The maximum absolute atomic E-state index is 10.5. The van der Waals surface area contributed by atoms with E-state index in [4.69, 9.17) is 10.6 Å². The molecule has 0 amide bonds. The van der Waals surface area contributed by atoms with Crippen molar-refractivity contribution in [1.29, 1.82) is 0 Å². The Kier molecular flexibility index (Phi) is 3.78. The van der Waals surface area contributed by atoms with E-state index in [1.54, 1.807) is 0 Å². The molecule has 0 aliphatic heterocycles. The molecule has 2 aliphatic carbocycles. The van der Waals surface area contributed by atoms with Gasteiger partial charge in [0.15, 0.2) is 0 Å². The summed E-state index contributed by atoms with van der Waals surface area (Å²) in [6.45, 7) is 5.58. The summed E-state index contributed by atoms with van der Waals surface area (Å²) >= 11 is 0. The third-order valence-corrected chi connectivity index (χ3v) is 5.17. The van der Waals surface area contributed by atoms with Gasteiger partial charge in [0.1, 0.15) is 6.61 Å². The van der Waals surface area contributed by atoms with E-state index >= 15 is 0 Å². The molecule has 19 heavy (non-hydrogen) atoms. The Hall–Kier alpha value is -0.840. The van der Waals surface area contributed by atoms with Crippen LogP contribution in [0.25, 0.3) is 0 Å². The van der Waals surface area contributed by atoms with E-state index < -0.39 is 5.09 Å². The fraction of sp³-hybridized carbons (Fsp3) is 1.00. The summed E-state index contributed by atoms with van der Waals surface area (Å²) in [5, 5.41) is 9.89. The van der Waals surface area contributed by atoms with Crippen LogP contribution in [0.5, 0.6) is 0 Å². The fourth-order valence-corrected chi connectivity index (χ4v) is 5.16. The molecule has 0 spiro atoms. The Morgan fingerprint density at radius 2 is 2.00 bits per heavy atom. The maximum Gasteiger partial charge on any atom is 0.294 e. The van der Waals surface area contributed by atoms with E-state index in [0.29, 0.717) is 12.0 Å². The summed E-state index contributed by atoms with van der Waals surface area (Å²) in [5.74, 6) is 0. The highest BCUT2D eigenvalue weighted by Crippen LogP contribution is 2.62. The normalized spacial score (nSPS) is 41.8. The van der Waals surface area contributed by atoms with Gasteiger partial charge in [0.05, 0.1) is 0 Å². The maximum atomic E-state index is 10.5. The second-order valence-corrected chi connectivity index (χ2v) is 7.54. The lowest BCUT2D eigenvalue weighted by Gasteiger charge is -2.57. The van der Waals surface area contributed by atoms with Crippen LogP contribution in [0, 0.1) is 26.4 Å². The minimum absolute atomic E-state index is 0.0117. The smallest absolute Gasteiger partial charge is 0.294 e. The first kappa shape index (κ1) is 14.6. The van der Waals surface area contributed by atoms with Gasteiger partial charge in [-0.15, -0.1) is 10.1 Å². The molecule has 5 heteroatoms. The third-order valence-electron chi connectivity index (χ3n) is 5.17. The largest absolute Gasteiger partial charge is 0.330 e. The Labute approximate surface area is 115 Å². The minimum Gasteiger partial charge on any atom is -0.330 e. The van der Waals surface area contributed by atoms with Gasteiger partial charge in [-0.25, -0.2) is 0 Å². The molecule has 0 heterocycles. The van der Waals surface area contributed by atoms with E-state index in [1.165, 1.54) is 12.8 Å². The Balaban J connectivity index is 2.18. The first-order valence-electron chi connectivity index (χ1n) is 7.28. The number of hydrogen-bond donors (Lipinski definition) is 1. The zero-order valence-corrected chi connectivity index (χ0v) is 12.1. The molecule has 0 saturated heterocycles. The molecule has 3 unspecified atom stereocenters. The van der Waals surface area contributed by atoms with Crippen molar-refractivity contribution in [3.8, 4) is 0 Å². The lowest BCUT2D eigenvalue weighted by molar-refractivity contribution is -0.761. The molecule has 0 aromatic rings. The molecule has 3 atom stereocenters. The van der Waals surface area contributed by atoms with Gasteiger partial charge in [0.2, 0.25) is 0 Å². The van der Waals surface area contributed by atoms with Crippen LogP contribution in [-0.2, 0) is 4.84 Å². The lowest BCUT2D eigenvalue weighted by atomic mass is 9.48. The van der Waals surface area contributed by atoms with Crippen LogP contribution in [0.2, 0.25) is 0 Å². The molecule has 2 aliphatic rings. The number of hydrogen-bond acceptors (Lipinski definition) is 4. The fourth-order valence-electron chi connectivity index (χ4n) is 5.16. The van der Waals surface area contributed by atoms with Crippen LogP contribution in [0.1, 0.15) is 58.8 Å². The van der Waals surface area contributed by atoms with E-state index in [-0.39, 0.29) is 17.4 Å². The molecule has 5 nitrogen and oxygen atoms in total. The highest BCUT2D eigenvalue weighted by Gasteiger charge is 2.52. The summed E-state index contributed by atoms with van der Waals surface area (Å²) in [6.07, 6.45) is 7.72. The zero-order chi connectivity index (χ0) is 14.1. The molecule has 2 saturated carbocycles. The Morgan fingerprint density at radius 3 is 2.63 bits per heavy atom. The Morgan fingerprint density at radius 1 is 1.26 bits per heavy atom. The van der Waals surface area contributed by atoms with Gasteiger partial charge in [-0.1, -0.05) is 20.3 Å². The SMILES string of the molecule is CC1(CCN)CC2(C)CCCC(CO[N+](=O)[O-])(C1)C2. The number of fused-ring (bicyclic) bond motifs is 2. The van der Waals surface area contributed by atoms with Crippen LogP contribution in [0.4, 0.5) is 0 Å². The van der Waals surface area contributed by atoms with Gasteiger partial charge in [-0.2, -0.15) is 0 Å². The van der Waals surface area contributed by atoms with Crippen molar-refractivity contribution in [2.45, 2.75) is 58.8 Å². The molecule has 0 aromatic heterocycles. The first-order chi connectivity index (χ1) is 8.81. The average molecular weight is 270 g/mol. The van der Waals surface area contributed by atoms with Crippen LogP contribution in [0.15, 0.2) is 0 Å². The predicted octanol–water partition coefficient (Wildman–Crippen LogP) is 2.91. The monoisotopic (exact) mass is 270 g/mol. The van der Waals surface area contributed by atoms with E-state index in [1.807, 2.05) is 0 Å². The zero-order valence-electron chi connectivity index (χ0n) is 12.1. The molecule has 2 N–H and O–H groups in total. The highest BCUT2D eigenvalue weighted by atomic mass is 16.9. The molecule has 0 aromatic carbocycles. The van der Waals surface area contributed by atoms with Crippen LogP contribution >= 0.6 is 0 Å². The van der Waals surface area contributed by atoms with Gasteiger partial charge in [0, 0.05) is 0 Å². The molecule has 0 radical (unpaired) electrons. The first-order valence-corrected chi connectivity index (χ1v) is 7.28. The summed E-state index contributed by atoms with van der Waals surface area (Å²) in [4.78, 5) is 15.3. The van der Waals surface area contributed by atoms with E-state index in [0.717, 1.165) is 32.1 Å². The standard InChI is InChI=1S/C14H26N2O3/c1-12-4-3-5-14(9-12,11-19-16(17)18)10-13(2,8-12)6-7-15/h3-11,15H2,1-2H3. The van der Waals surface area contributed by atoms with Crippen molar-refractivity contribution in [3.05, 3.63) is 10.1 Å². The van der Waals surface area contributed by atoms with Crippen molar-refractivity contribution in [2.75, 3.05) is 13.2 Å². The van der Waals surface area contributed by atoms with Gasteiger partial charge in [-0.05, 0) is 61.3 Å². The molecule has 110 valence electrons. The molecule has 2 bridgehead atoms. The van der Waals surface area contributed by atoms with Crippen LogP contribution in [0.3, 0.4) is 0 Å². The van der Waals surface area contributed by atoms with Crippen molar-refractivity contribution >= 4 is 0 Å². The third kappa shape index (κ3) is 3.19. The average Bonchev–Trinajstić information content (AvgIpc) is 2.24. The van der Waals surface area contributed by atoms with Crippen molar-refractivity contribution in [2.24, 2.45) is 22.0 Å². The van der Waals surface area contributed by atoms with E-state index in [9.17, 15) is 10.1 Å². The summed E-state index contributed by atoms with van der Waals surface area (Å²) < 4.78 is 0. The van der Waals surface area contributed by atoms with Gasteiger partial charge < -0.3 is 10.6 Å². The second-order valence-electron chi connectivity index (χ2n) is 7.54. The topological polar surface area (TPSA) is 78.4 Å². The van der Waals surface area contributed by atoms with Crippen LogP contribution < -0.4 is 5.73 Å². The Bertz CT molecular complexity index is 363. The van der Waals surface area contributed by atoms with Crippen LogP contribution in [-0.4, -0.2) is 18.2 Å². The molecule has 2 rings (SSSR count). The minimum atomic E-state index is -0.643. The number of nitrogens with two attached hydrogens (primary N) is 1. The second kappa shape index (κ2) is 4.93. The quantitative estimate of drug-likeness (QED) is 0.615. The molecular weight excluding hydrogens is 244 g/mol. The van der Waals surface area contributed by atoms with Crippen molar-refractivity contribution < 1.29 is 9.92 Å². The van der Waals surface area contributed by atoms with Crippen molar-refractivity contribution in [1.82, 2.24) is 0 Å². The van der Waals surface area contributed by atoms with E-state index in [2.05, 4.69) is 13.8 Å².